The highest BCUT2D eigenvalue weighted by Gasteiger charge is 2.08. The van der Waals surface area contributed by atoms with Gasteiger partial charge in [0.2, 0.25) is 0 Å². The van der Waals surface area contributed by atoms with Gasteiger partial charge in [-0.3, -0.25) is 0 Å². The SMILES string of the molecule is Cc1c(N)cc(F)c(I)c1Br. The second kappa shape index (κ2) is 3.26. The molecule has 1 rings (SSSR count). The largest absolute Gasteiger partial charge is 0.398 e. The Kier molecular flexibility index (Phi) is 2.74. The standard InChI is InChI=1S/C7H6BrFIN/c1-3-5(11)2-4(9)7(10)6(3)8/h2H,11H2,1H3. The van der Waals surface area contributed by atoms with Crippen LogP contribution in [0.4, 0.5) is 10.1 Å². The summed E-state index contributed by atoms with van der Waals surface area (Å²) in [4.78, 5) is 0. The van der Waals surface area contributed by atoms with E-state index in [1.165, 1.54) is 6.07 Å². The van der Waals surface area contributed by atoms with Crippen molar-refractivity contribution < 1.29 is 4.39 Å². The maximum absolute atomic E-state index is 12.9. The molecule has 60 valence electrons. The van der Waals surface area contributed by atoms with Crippen LogP contribution in [0.25, 0.3) is 0 Å². The molecular formula is C7H6BrFIN. The molecule has 0 heterocycles. The molecule has 0 unspecified atom stereocenters. The van der Waals surface area contributed by atoms with Crippen LogP contribution in [0.5, 0.6) is 0 Å². The van der Waals surface area contributed by atoms with Crippen LogP contribution in [-0.2, 0) is 0 Å². The third kappa shape index (κ3) is 1.66. The summed E-state index contributed by atoms with van der Waals surface area (Å²) in [5.41, 5.74) is 6.88. The summed E-state index contributed by atoms with van der Waals surface area (Å²) < 4.78 is 14.2. The molecular weight excluding hydrogens is 324 g/mol. The van der Waals surface area contributed by atoms with Crippen molar-refractivity contribution in [2.45, 2.75) is 6.92 Å². The molecule has 0 fully saturated rings. The van der Waals surface area contributed by atoms with Gasteiger partial charge in [-0.25, -0.2) is 4.39 Å². The van der Waals surface area contributed by atoms with Crippen LogP contribution >= 0.6 is 38.5 Å². The van der Waals surface area contributed by atoms with Crippen LogP contribution in [0.15, 0.2) is 10.5 Å². The van der Waals surface area contributed by atoms with E-state index in [1.807, 2.05) is 29.5 Å². The summed E-state index contributed by atoms with van der Waals surface area (Å²) in [5, 5.41) is 0. The number of hydrogen-bond acceptors (Lipinski definition) is 1. The van der Waals surface area contributed by atoms with Crippen LogP contribution < -0.4 is 5.73 Å². The van der Waals surface area contributed by atoms with Gasteiger partial charge in [0.15, 0.2) is 0 Å². The van der Waals surface area contributed by atoms with Crippen LogP contribution in [0.2, 0.25) is 0 Å². The minimum absolute atomic E-state index is 0.277. The highest BCUT2D eigenvalue weighted by Crippen LogP contribution is 2.29. The van der Waals surface area contributed by atoms with Crippen molar-refractivity contribution >= 4 is 44.2 Å². The van der Waals surface area contributed by atoms with Gasteiger partial charge < -0.3 is 5.73 Å². The van der Waals surface area contributed by atoms with Gasteiger partial charge in [0.25, 0.3) is 0 Å². The number of nitrogen functional groups attached to an aromatic ring is 1. The lowest BCUT2D eigenvalue weighted by Gasteiger charge is -2.05. The van der Waals surface area contributed by atoms with Crippen LogP contribution in [-0.4, -0.2) is 0 Å². The van der Waals surface area contributed by atoms with Crippen LogP contribution in [0.1, 0.15) is 5.56 Å². The first kappa shape index (κ1) is 9.25. The first-order valence-electron chi connectivity index (χ1n) is 2.93. The predicted molar refractivity (Wildman–Crippen MR) is 56.0 cm³/mol. The molecule has 0 saturated carbocycles. The Balaban J connectivity index is 3.46. The fraction of sp³-hybridized carbons (Fsp3) is 0.143. The minimum Gasteiger partial charge on any atom is -0.398 e. The first-order chi connectivity index (χ1) is 5.04. The van der Waals surface area contributed by atoms with Crippen molar-refractivity contribution in [3.05, 3.63) is 25.5 Å². The molecule has 11 heavy (non-hydrogen) atoms. The number of anilines is 1. The van der Waals surface area contributed by atoms with Crippen molar-refractivity contribution in [1.29, 1.82) is 0 Å². The van der Waals surface area contributed by atoms with E-state index < -0.39 is 0 Å². The van der Waals surface area contributed by atoms with E-state index in [2.05, 4.69) is 15.9 Å². The Morgan fingerprint density at radius 3 is 2.73 bits per heavy atom. The Bertz CT molecular complexity index is 275. The molecule has 0 aromatic heterocycles. The topological polar surface area (TPSA) is 26.0 Å². The molecule has 1 nitrogen and oxygen atoms in total. The molecule has 0 aliphatic rings. The van der Waals surface area contributed by atoms with E-state index in [1.54, 1.807) is 0 Å². The van der Waals surface area contributed by atoms with Crippen molar-refractivity contribution in [3.8, 4) is 0 Å². The number of nitrogens with two attached hydrogens (primary N) is 1. The molecule has 0 aliphatic heterocycles. The van der Waals surface area contributed by atoms with Gasteiger partial charge in [-0.15, -0.1) is 0 Å². The lowest BCUT2D eigenvalue weighted by molar-refractivity contribution is 0.619. The van der Waals surface area contributed by atoms with Crippen molar-refractivity contribution in [3.63, 3.8) is 0 Å². The average molecular weight is 330 g/mol. The summed E-state index contributed by atoms with van der Waals surface area (Å²) in [6.07, 6.45) is 0. The van der Waals surface area contributed by atoms with Gasteiger partial charge in [-0.2, -0.15) is 0 Å². The van der Waals surface area contributed by atoms with Gasteiger partial charge in [0.05, 0.1) is 3.57 Å². The summed E-state index contributed by atoms with van der Waals surface area (Å²) in [7, 11) is 0. The van der Waals surface area contributed by atoms with Gasteiger partial charge in [-0.05, 0) is 57.1 Å². The summed E-state index contributed by atoms with van der Waals surface area (Å²) >= 11 is 5.19. The molecule has 0 saturated heterocycles. The van der Waals surface area contributed by atoms with E-state index in [-0.39, 0.29) is 5.82 Å². The van der Waals surface area contributed by atoms with Gasteiger partial charge >= 0.3 is 0 Å². The quantitative estimate of drug-likeness (QED) is 0.442. The number of halogens is 3. The molecule has 0 spiro atoms. The second-order valence-electron chi connectivity index (χ2n) is 2.20. The maximum atomic E-state index is 12.9. The number of benzene rings is 1. The monoisotopic (exact) mass is 329 g/mol. The van der Waals surface area contributed by atoms with E-state index in [0.717, 1.165) is 10.0 Å². The Morgan fingerprint density at radius 2 is 2.18 bits per heavy atom. The molecule has 1 aromatic carbocycles. The van der Waals surface area contributed by atoms with Crippen LogP contribution in [0.3, 0.4) is 0 Å². The van der Waals surface area contributed by atoms with Crippen LogP contribution in [0, 0.1) is 16.3 Å². The normalized spacial score (nSPS) is 10.2. The lowest BCUT2D eigenvalue weighted by Crippen LogP contribution is -1.95. The Morgan fingerprint density at radius 1 is 1.64 bits per heavy atom. The van der Waals surface area contributed by atoms with Gasteiger partial charge in [0.1, 0.15) is 5.82 Å². The molecule has 0 aliphatic carbocycles. The molecule has 0 bridgehead atoms. The summed E-state index contributed by atoms with van der Waals surface area (Å²) in [5.74, 6) is -0.277. The highest BCUT2D eigenvalue weighted by molar-refractivity contribution is 14.1. The van der Waals surface area contributed by atoms with Gasteiger partial charge in [-0.1, -0.05) is 0 Å². The first-order valence-corrected chi connectivity index (χ1v) is 4.80. The molecule has 0 atom stereocenters. The highest BCUT2D eigenvalue weighted by atomic mass is 127. The third-order valence-corrected chi connectivity index (χ3v) is 4.23. The number of rotatable bonds is 0. The maximum Gasteiger partial charge on any atom is 0.139 e. The van der Waals surface area contributed by atoms with Crippen molar-refractivity contribution in [2.75, 3.05) is 5.73 Å². The minimum atomic E-state index is -0.277. The zero-order valence-electron chi connectivity index (χ0n) is 5.79. The molecule has 0 radical (unpaired) electrons. The van der Waals surface area contributed by atoms with E-state index >= 15 is 0 Å². The van der Waals surface area contributed by atoms with E-state index in [0.29, 0.717) is 9.26 Å². The van der Waals surface area contributed by atoms with Crippen molar-refractivity contribution in [1.82, 2.24) is 0 Å². The summed E-state index contributed by atoms with van der Waals surface area (Å²) in [6, 6.07) is 1.34. The zero-order chi connectivity index (χ0) is 8.59. The Hall–Kier alpha value is 0.160. The smallest absolute Gasteiger partial charge is 0.139 e. The average Bonchev–Trinajstić information content (AvgIpc) is 1.97. The Labute approximate surface area is 86.4 Å². The zero-order valence-corrected chi connectivity index (χ0v) is 9.53. The van der Waals surface area contributed by atoms with E-state index in [9.17, 15) is 4.39 Å². The fourth-order valence-corrected chi connectivity index (χ4v) is 1.68. The lowest BCUT2D eigenvalue weighted by atomic mass is 10.2. The molecule has 0 amide bonds. The van der Waals surface area contributed by atoms with Gasteiger partial charge in [0, 0.05) is 10.2 Å². The number of hydrogen-bond donors (Lipinski definition) is 1. The predicted octanol–water partition coefficient (Wildman–Crippen LogP) is 3.08. The van der Waals surface area contributed by atoms with Crippen molar-refractivity contribution in [2.24, 2.45) is 0 Å². The van der Waals surface area contributed by atoms with E-state index in [4.69, 9.17) is 5.73 Å². The fourth-order valence-electron chi connectivity index (χ4n) is 0.704. The summed E-state index contributed by atoms with van der Waals surface area (Å²) in [6.45, 7) is 1.85. The molecule has 4 heteroatoms. The molecule has 2 N–H and O–H groups in total. The molecule has 1 aromatic rings. The second-order valence-corrected chi connectivity index (χ2v) is 4.07. The third-order valence-electron chi connectivity index (χ3n) is 1.45.